The van der Waals surface area contributed by atoms with Crippen molar-refractivity contribution in [3.63, 3.8) is 0 Å². The van der Waals surface area contributed by atoms with E-state index in [2.05, 4.69) is 10.3 Å². The van der Waals surface area contributed by atoms with Crippen molar-refractivity contribution in [2.24, 2.45) is 0 Å². The van der Waals surface area contributed by atoms with Crippen molar-refractivity contribution in [1.82, 2.24) is 4.98 Å². The lowest BCUT2D eigenvalue weighted by Gasteiger charge is -2.34. The van der Waals surface area contributed by atoms with E-state index in [1.165, 1.54) is 0 Å². The lowest BCUT2D eigenvalue weighted by atomic mass is 10.1. The largest absolute Gasteiger partial charge is 0.380 e. The van der Waals surface area contributed by atoms with Crippen molar-refractivity contribution in [2.75, 3.05) is 23.8 Å². The van der Waals surface area contributed by atoms with Gasteiger partial charge in [0.05, 0.1) is 17.6 Å². The van der Waals surface area contributed by atoms with Gasteiger partial charge in [-0.25, -0.2) is 0 Å². The Morgan fingerprint density at radius 3 is 3.21 bits per heavy atom. The first-order chi connectivity index (χ1) is 6.70. The molecule has 1 aromatic rings. The number of rotatable bonds is 1. The summed E-state index contributed by atoms with van der Waals surface area (Å²) in [5.74, 6) is 0.183. The van der Waals surface area contributed by atoms with Crippen LogP contribution < -0.4 is 10.2 Å². The van der Waals surface area contributed by atoms with Gasteiger partial charge in [-0.2, -0.15) is 0 Å². The Balaban J connectivity index is 2.36. The van der Waals surface area contributed by atoms with Gasteiger partial charge in [0.1, 0.15) is 6.04 Å². The van der Waals surface area contributed by atoms with Gasteiger partial charge in [0.2, 0.25) is 0 Å². The standard InChI is InChI=1S/C10H13N3O/c1-7(14)10-6-12-8-5-11-4-3-9(8)13(10)2/h3-5,10,12H,6H2,1-2H3. The first kappa shape index (κ1) is 8.99. The van der Waals surface area contributed by atoms with Crippen LogP contribution in [0.4, 0.5) is 11.4 Å². The minimum atomic E-state index is -0.0649. The van der Waals surface area contributed by atoms with E-state index in [0.717, 1.165) is 11.4 Å². The Morgan fingerprint density at radius 1 is 1.71 bits per heavy atom. The first-order valence-corrected chi connectivity index (χ1v) is 4.61. The molecule has 0 spiro atoms. The van der Waals surface area contributed by atoms with Crippen LogP contribution in [-0.4, -0.2) is 30.4 Å². The fraction of sp³-hybridized carbons (Fsp3) is 0.400. The molecule has 0 saturated heterocycles. The van der Waals surface area contributed by atoms with Crippen LogP contribution in [0, 0.1) is 0 Å². The molecule has 4 nitrogen and oxygen atoms in total. The molecule has 0 saturated carbocycles. The maximum atomic E-state index is 11.3. The van der Waals surface area contributed by atoms with E-state index >= 15 is 0 Å². The third kappa shape index (κ3) is 1.32. The van der Waals surface area contributed by atoms with Crippen LogP contribution in [0.3, 0.4) is 0 Å². The molecule has 1 aliphatic heterocycles. The van der Waals surface area contributed by atoms with Crippen molar-refractivity contribution < 1.29 is 4.79 Å². The van der Waals surface area contributed by atoms with Gasteiger partial charge >= 0.3 is 0 Å². The van der Waals surface area contributed by atoms with Crippen molar-refractivity contribution in [2.45, 2.75) is 13.0 Å². The monoisotopic (exact) mass is 191 g/mol. The van der Waals surface area contributed by atoms with Gasteiger partial charge in [0.15, 0.2) is 5.78 Å². The lowest BCUT2D eigenvalue weighted by molar-refractivity contribution is -0.118. The molecular weight excluding hydrogens is 178 g/mol. The molecular formula is C10H13N3O. The van der Waals surface area contributed by atoms with E-state index in [1.807, 2.05) is 18.0 Å². The summed E-state index contributed by atoms with van der Waals surface area (Å²) in [5, 5.41) is 3.20. The lowest BCUT2D eigenvalue weighted by Crippen LogP contribution is -2.45. The SMILES string of the molecule is CC(=O)C1CNc2cnccc2N1C. The molecule has 1 aromatic heterocycles. The van der Waals surface area contributed by atoms with Gasteiger partial charge in [0.25, 0.3) is 0 Å². The number of Topliss-reactive ketones (excluding diaryl/α,β-unsaturated/α-hetero) is 1. The van der Waals surface area contributed by atoms with Crippen LogP contribution in [0.15, 0.2) is 18.5 Å². The topological polar surface area (TPSA) is 45.2 Å². The number of hydrogen-bond donors (Lipinski definition) is 1. The molecule has 0 radical (unpaired) electrons. The second kappa shape index (κ2) is 3.29. The van der Waals surface area contributed by atoms with Crippen LogP contribution in [0.2, 0.25) is 0 Å². The summed E-state index contributed by atoms with van der Waals surface area (Å²) in [6, 6.07) is 1.85. The third-order valence-corrected chi connectivity index (χ3v) is 2.60. The van der Waals surface area contributed by atoms with Crippen LogP contribution >= 0.6 is 0 Å². The van der Waals surface area contributed by atoms with Gasteiger partial charge in [0, 0.05) is 19.8 Å². The van der Waals surface area contributed by atoms with Crippen LogP contribution in [0.25, 0.3) is 0 Å². The quantitative estimate of drug-likeness (QED) is 0.716. The highest BCUT2D eigenvalue weighted by Gasteiger charge is 2.25. The number of carbonyl (C=O) groups is 1. The van der Waals surface area contributed by atoms with Gasteiger partial charge in [-0.05, 0) is 13.0 Å². The second-order valence-electron chi connectivity index (χ2n) is 3.51. The van der Waals surface area contributed by atoms with Crippen molar-refractivity contribution >= 4 is 17.2 Å². The molecule has 0 amide bonds. The zero-order chi connectivity index (χ0) is 10.1. The maximum Gasteiger partial charge on any atom is 0.153 e. The van der Waals surface area contributed by atoms with Gasteiger partial charge in [-0.3, -0.25) is 9.78 Å². The highest BCUT2D eigenvalue weighted by atomic mass is 16.1. The van der Waals surface area contributed by atoms with Crippen molar-refractivity contribution in [3.8, 4) is 0 Å². The smallest absolute Gasteiger partial charge is 0.153 e. The molecule has 2 rings (SSSR count). The number of likely N-dealkylation sites (N-methyl/N-ethyl adjacent to an activating group) is 1. The molecule has 1 atom stereocenters. The molecule has 1 N–H and O–H groups in total. The van der Waals surface area contributed by atoms with Gasteiger partial charge < -0.3 is 10.2 Å². The first-order valence-electron chi connectivity index (χ1n) is 4.61. The molecule has 0 bridgehead atoms. The summed E-state index contributed by atoms with van der Waals surface area (Å²) in [7, 11) is 1.94. The predicted octanol–water partition coefficient (Wildman–Crippen LogP) is 0.901. The molecule has 0 fully saturated rings. The minimum Gasteiger partial charge on any atom is -0.380 e. The van der Waals surface area contributed by atoms with Gasteiger partial charge in [-0.15, -0.1) is 0 Å². The summed E-state index contributed by atoms with van der Waals surface area (Å²) in [6.45, 7) is 2.28. The Hall–Kier alpha value is -1.58. The van der Waals surface area contributed by atoms with Gasteiger partial charge in [-0.1, -0.05) is 0 Å². The summed E-state index contributed by atoms with van der Waals surface area (Å²) in [6.07, 6.45) is 3.52. The van der Waals surface area contributed by atoms with Crippen LogP contribution in [0.1, 0.15) is 6.92 Å². The highest BCUT2D eigenvalue weighted by molar-refractivity contribution is 5.88. The number of aromatic nitrogens is 1. The number of pyridine rings is 1. The van der Waals surface area contributed by atoms with E-state index in [-0.39, 0.29) is 11.8 Å². The number of fused-ring (bicyclic) bond motifs is 1. The summed E-state index contributed by atoms with van der Waals surface area (Å²) in [4.78, 5) is 17.3. The number of carbonyl (C=O) groups excluding carboxylic acids is 1. The minimum absolute atomic E-state index is 0.0649. The van der Waals surface area contributed by atoms with E-state index < -0.39 is 0 Å². The van der Waals surface area contributed by atoms with E-state index in [0.29, 0.717) is 6.54 Å². The summed E-state index contributed by atoms with van der Waals surface area (Å²) < 4.78 is 0. The third-order valence-electron chi connectivity index (χ3n) is 2.60. The number of nitrogens with zero attached hydrogens (tertiary/aromatic N) is 2. The zero-order valence-corrected chi connectivity index (χ0v) is 8.32. The number of nitrogens with one attached hydrogen (secondary N) is 1. The van der Waals surface area contributed by atoms with Crippen molar-refractivity contribution in [1.29, 1.82) is 0 Å². The number of ketones is 1. The average Bonchev–Trinajstić information content (AvgIpc) is 2.18. The Labute approximate surface area is 82.9 Å². The average molecular weight is 191 g/mol. The fourth-order valence-corrected chi connectivity index (χ4v) is 1.76. The normalized spacial score (nSPS) is 19.9. The highest BCUT2D eigenvalue weighted by Crippen LogP contribution is 2.28. The Kier molecular flexibility index (Phi) is 2.11. The Bertz CT molecular complexity index is 364. The molecule has 4 heteroatoms. The van der Waals surface area contributed by atoms with E-state index in [9.17, 15) is 4.79 Å². The summed E-state index contributed by atoms with van der Waals surface area (Å²) in [5.41, 5.74) is 2.03. The molecule has 1 unspecified atom stereocenters. The predicted molar refractivity (Wildman–Crippen MR) is 55.6 cm³/mol. The zero-order valence-electron chi connectivity index (χ0n) is 8.32. The summed E-state index contributed by atoms with van der Waals surface area (Å²) >= 11 is 0. The van der Waals surface area contributed by atoms with Crippen LogP contribution in [0.5, 0.6) is 0 Å². The fourth-order valence-electron chi connectivity index (χ4n) is 1.76. The van der Waals surface area contributed by atoms with E-state index in [1.54, 1.807) is 19.3 Å². The molecule has 0 aliphatic carbocycles. The van der Waals surface area contributed by atoms with E-state index in [4.69, 9.17) is 0 Å². The van der Waals surface area contributed by atoms with Crippen LogP contribution in [-0.2, 0) is 4.79 Å². The Morgan fingerprint density at radius 2 is 2.50 bits per heavy atom. The molecule has 74 valence electrons. The molecule has 2 heterocycles. The number of hydrogen-bond acceptors (Lipinski definition) is 4. The maximum absolute atomic E-state index is 11.3. The molecule has 1 aliphatic rings. The molecule has 0 aromatic carbocycles. The van der Waals surface area contributed by atoms with Crippen molar-refractivity contribution in [3.05, 3.63) is 18.5 Å². The second-order valence-corrected chi connectivity index (χ2v) is 3.51. The molecule has 14 heavy (non-hydrogen) atoms. The number of anilines is 2.